The molecule has 2 aromatic heterocycles. The molecule has 3 rings (SSSR count). The molecule has 0 saturated carbocycles. The number of anilines is 1. The van der Waals surface area contributed by atoms with Crippen molar-refractivity contribution in [2.24, 2.45) is 0 Å². The van der Waals surface area contributed by atoms with Gasteiger partial charge in [0, 0.05) is 53.0 Å². The lowest BCUT2D eigenvalue weighted by atomic mass is 9.99. The Labute approximate surface area is 174 Å². The molecule has 1 N–H and O–H groups in total. The summed E-state index contributed by atoms with van der Waals surface area (Å²) in [4.78, 5) is 39.0. The molecular formula is C20H27N5O3S. The molecule has 3 heterocycles. The van der Waals surface area contributed by atoms with Gasteiger partial charge in [-0.1, -0.05) is 0 Å². The van der Waals surface area contributed by atoms with Crippen LogP contribution in [0.1, 0.15) is 43.6 Å². The van der Waals surface area contributed by atoms with Crippen LogP contribution < -0.4 is 10.2 Å². The number of carbonyl (C=O) groups is 2. The maximum atomic E-state index is 12.9. The first-order valence-corrected chi connectivity index (χ1v) is 10.4. The van der Waals surface area contributed by atoms with E-state index in [1.807, 2.05) is 42.3 Å². The number of aryl methyl sites for hydroxylation is 1. The molecule has 8 nitrogen and oxygen atoms in total. The highest BCUT2D eigenvalue weighted by Crippen LogP contribution is 2.31. The van der Waals surface area contributed by atoms with Crippen molar-refractivity contribution < 1.29 is 14.3 Å². The molecule has 1 unspecified atom stereocenters. The van der Waals surface area contributed by atoms with Crippen LogP contribution in [0.25, 0.3) is 0 Å². The van der Waals surface area contributed by atoms with E-state index in [4.69, 9.17) is 4.74 Å². The van der Waals surface area contributed by atoms with E-state index in [-0.39, 0.29) is 17.7 Å². The minimum atomic E-state index is -0.221. The standard InChI is InChI=1S/C20H27N5O3S/c1-13-6-10-29-17(13)19(27)25-8-5-14(12-25)16-15(18(26)21-7-9-28-4)11-22-20(23-16)24(2)3/h6,10-11,14H,5,7-9,12H2,1-4H3,(H,21,26). The highest BCUT2D eigenvalue weighted by Gasteiger charge is 2.32. The second-order valence-electron chi connectivity index (χ2n) is 7.28. The smallest absolute Gasteiger partial charge is 0.264 e. The zero-order valence-corrected chi connectivity index (χ0v) is 18.1. The molecule has 2 aromatic rings. The third-order valence-corrected chi connectivity index (χ3v) is 5.96. The van der Waals surface area contributed by atoms with Crippen LogP contribution >= 0.6 is 11.3 Å². The summed E-state index contributed by atoms with van der Waals surface area (Å²) in [6, 6.07) is 1.96. The third kappa shape index (κ3) is 4.73. The molecule has 2 amide bonds. The Bertz CT molecular complexity index is 883. The van der Waals surface area contributed by atoms with Crippen LogP contribution in [0.3, 0.4) is 0 Å². The summed E-state index contributed by atoms with van der Waals surface area (Å²) in [6.45, 7) is 3.99. The molecule has 1 atom stereocenters. The van der Waals surface area contributed by atoms with Gasteiger partial charge in [0.1, 0.15) is 0 Å². The molecule has 0 spiro atoms. The molecule has 1 aliphatic heterocycles. The Hall–Kier alpha value is -2.52. The first-order chi connectivity index (χ1) is 13.9. The van der Waals surface area contributed by atoms with E-state index in [0.29, 0.717) is 43.4 Å². The second kappa shape index (κ2) is 9.32. The van der Waals surface area contributed by atoms with Crippen molar-refractivity contribution in [3.05, 3.63) is 39.3 Å². The fraction of sp³-hybridized carbons (Fsp3) is 0.500. The van der Waals surface area contributed by atoms with Crippen molar-refractivity contribution in [1.82, 2.24) is 20.2 Å². The number of nitrogens with one attached hydrogen (secondary N) is 1. The first-order valence-electron chi connectivity index (χ1n) is 9.57. The molecule has 1 aliphatic rings. The van der Waals surface area contributed by atoms with Crippen molar-refractivity contribution >= 4 is 29.1 Å². The Morgan fingerprint density at radius 3 is 2.86 bits per heavy atom. The van der Waals surface area contributed by atoms with Gasteiger partial charge in [-0.3, -0.25) is 9.59 Å². The fourth-order valence-electron chi connectivity index (χ4n) is 3.35. The number of rotatable bonds is 7. The van der Waals surface area contributed by atoms with Crippen molar-refractivity contribution in [1.29, 1.82) is 0 Å². The van der Waals surface area contributed by atoms with Gasteiger partial charge in [-0.2, -0.15) is 0 Å². The highest BCUT2D eigenvalue weighted by molar-refractivity contribution is 7.12. The number of hydrogen-bond donors (Lipinski definition) is 1. The number of hydrogen-bond acceptors (Lipinski definition) is 7. The molecule has 0 aliphatic carbocycles. The lowest BCUT2D eigenvalue weighted by molar-refractivity contribution is 0.0794. The lowest BCUT2D eigenvalue weighted by Gasteiger charge is -2.19. The van der Waals surface area contributed by atoms with E-state index in [1.165, 1.54) is 11.3 Å². The molecule has 29 heavy (non-hydrogen) atoms. The molecular weight excluding hydrogens is 390 g/mol. The number of carbonyl (C=O) groups excluding carboxylic acids is 2. The van der Waals surface area contributed by atoms with Crippen LogP contribution in [0.2, 0.25) is 0 Å². The molecule has 9 heteroatoms. The van der Waals surface area contributed by atoms with Gasteiger partial charge in [0.25, 0.3) is 11.8 Å². The predicted molar refractivity (Wildman–Crippen MR) is 113 cm³/mol. The number of nitrogens with zero attached hydrogens (tertiary/aromatic N) is 4. The maximum Gasteiger partial charge on any atom is 0.264 e. The summed E-state index contributed by atoms with van der Waals surface area (Å²) in [5.74, 6) is 0.366. The Morgan fingerprint density at radius 1 is 1.41 bits per heavy atom. The molecule has 0 aromatic carbocycles. The van der Waals surface area contributed by atoms with Gasteiger partial charge in [-0.05, 0) is 30.4 Å². The van der Waals surface area contributed by atoms with Gasteiger partial charge in [0.05, 0.1) is 22.7 Å². The second-order valence-corrected chi connectivity index (χ2v) is 8.20. The van der Waals surface area contributed by atoms with Gasteiger partial charge in [-0.25, -0.2) is 9.97 Å². The SMILES string of the molecule is COCCNC(=O)c1cnc(N(C)C)nc1C1CCN(C(=O)c2sccc2C)C1. The van der Waals surface area contributed by atoms with E-state index < -0.39 is 0 Å². The zero-order chi connectivity index (χ0) is 21.0. The quantitative estimate of drug-likeness (QED) is 0.693. The van der Waals surface area contributed by atoms with E-state index >= 15 is 0 Å². The Kier molecular flexibility index (Phi) is 6.81. The molecule has 1 fully saturated rings. The number of ether oxygens (including phenoxy) is 1. The van der Waals surface area contributed by atoms with Crippen molar-refractivity contribution in [3.8, 4) is 0 Å². The highest BCUT2D eigenvalue weighted by atomic mass is 32.1. The summed E-state index contributed by atoms with van der Waals surface area (Å²) in [5.41, 5.74) is 2.15. The minimum absolute atomic E-state index is 0.0101. The summed E-state index contributed by atoms with van der Waals surface area (Å²) in [5, 5.41) is 4.78. The largest absolute Gasteiger partial charge is 0.383 e. The predicted octanol–water partition coefficient (Wildman–Crippen LogP) is 1.92. The van der Waals surface area contributed by atoms with E-state index in [9.17, 15) is 9.59 Å². The summed E-state index contributed by atoms with van der Waals surface area (Å²) in [6.07, 6.45) is 2.34. The first kappa shape index (κ1) is 21.2. The van der Waals surface area contributed by atoms with E-state index in [1.54, 1.807) is 13.3 Å². The van der Waals surface area contributed by atoms with E-state index in [2.05, 4.69) is 15.3 Å². The summed E-state index contributed by atoms with van der Waals surface area (Å²) >= 11 is 1.47. The van der Waals surface area contributed by atoms with Crippen LogP contribution in [0.4, 0.5) is 5.95 Å². The molecule has 156 valence electrons. The van der Waals surface area contributed by atoms with Crippen molar-refractivity contribution in [2.75, 3.05) is 52.3 Å². The van der Waals surface area contributed by atoms with Gasteiger partial charge in [0.15, 0.2) is 0 Å². The lowest BCUT2D eigenvalue weighted by Crippen LogP contribution is -2.31. The number of thiophene rings is 1. The topological polar surface area (TPSA) is 87.7 Å². The molecule has 0 radical (unpaired) electrons. The van der Waals surface area contributed by atoms with Crippen LogP contribution in [0, 0.1) is 6.92 Å². The number of likely N-dealkylation sites (tertiary alicyclic amines) is 1. The van der Waals surface area contributed by atoms with Crippen molar-refractivity contribution in [2.45, 2.75) is 19.3 Å². The number of aromatic nitrogens is 2. The average Bonchev–Trinajstić information content (AvgIpc) is 3.36. The van der Waals surface area contributed by atoms with Crippen LogP contribution in [0.5, 0.6) is 0 Å². The summed E-state index contributed by atoms with van der Waals surface area (Å²) in [7, 11) is 5.31. The molecule has 0 bridgehead atoms. The van der Waals surface area contributed by atoms with Crippen LogP contribution in [-0.4, -0.2) is 74.1 Å². The zero-order valence-electron chi connectivity index (χ0n) is 17.3. The third-order valence-electron chi connectivity index (χ3n) is 4.96. The van der Waals surface area contributed by atoms with Gasteiger partial charge in [-0.15, -0.1) is 11.3 Å². The number of amides is 2. The fourth-order valence-corrected chi connectivity index (χ4v) is 4.24. The number of methoxy groups -OCH3 is 1. The van der Waals surface area contributed by atoms with Gasteiger partial charge >= 0.3 is 0 Å². The monoisotopic (exact) mass is 417 g/mol. The summed E-state index contributed by atoms with van der Waals surface area (Å²) < 4.78 is 5.00. The van der Waals surface area contributed by atoms with Gasteiger partial charge < -0.3 is 19.9 Å². The maximum absolute atomic E-state index is 12.9. The van der Waals surface area contributed by atoms with Crippen LogP contribution in [0.15, 0.2) is 17.6 Å². The average molecular weight is 418 g/mol. The Balaban J connectivity index is 1.82. The normalized spacial score (nSPS) is 16.1. The van der Waals surface area contributed by atoms with E-state index in [0.717, 1.165) is 16.9 Å². The van der Waals surface area contributed by atoms with Gasteiger partial charge in [0.2, 0.25) is 5.95 Å². The minimum Gasteiger partial charge on any atom is -0.383 e. The Morgan fingerprint density at radius 2 is 2.21 bits per heavy atom. The molecule has 1 saturated heterocycles. The van der Waals surface area contributed by atoms with Crippen molar-refractivity contribution in [3.63, 3.8) is 0 Å². The van der Waals surface area contributed by atoms with Crippen LogP contribution in [-0.2, 0) is 4.74 Å².